The zero-order valence-corrected chi connectivity index (χ0v) is 24.9. The van der Waals surface area contributed by atoms with Crippen molar-refractivity contribution < 1.29 is 4.79 Å². The van der Waals surface area contributed by atoms with Crippen LogP contribution in [0.1, 0.15) is 27.0 Å². The first-order valence-corrected chi connectivity index (χ1v) is 14.7. The highest BCUT2D eigenvalue weighted by Crippen LogP contribution is 2.26. The molecule has 3 aromatic carbocycles. The topological polar surface area (TPSA) is 79.2 Å². The number of halogens is 2. The van der Waals surface area contributed by atoms with E-state index in [1.807, 2.05) is 59.8 Å². The number of fused-ring (bicyclic) bond motifs is 1. The number of benzene rings is 3. The second kappa shape index (κ2) is 11.9. The van der Waals surface area contributed by atoms with Gasteiger partial charge in [-0.1, -0.05) is 81.6 Å². The summed E-state index contributed by atoms with van der Waals surface area (Å²) in [6, 6.07) is 23.7. The number of hydrogen-bond donors (Lipinski definition) is 1. The van der Waals surface area contributed by atoms with E-state index in [0.717, 1.165) is 15.7 Å². The Balaban J connectivity index is 1.28. The quantitative estimate of drug-likeness (QED) is 0.232. The maximum absolute atomic E-state index is 13.1. The fourth-order valence-electron chi connectivity index (χ4n) is 5.05. The third kappa shape index (κ3) is 6.06. The van der Waals surface area contributed by atoms with Crippen molar-refractivity contribution in [2.24, 2.45) is 0 Å². The van der Waals surface area contributed by atoms with E-state index >= 15 is 0 Å². The molecule has 1 N–H and O–H groups in total. The summed E-state index contributed by atoms with van der Waals surface area (Å²) in [5.74, 6) is 1.29. The lowest BCUT2D eigenvalue weighted by Crippen LogP contribution is -2.49. The molecule has 6 rings (SSSR count). The van der Waals surface area contributed by atoms with E-state index < -0.39 is 0 Å². The number of rotatable bonds is 7. The first kappa shape index (κ1) is 27.2. The van der Waals surface area contributed by atoms with Gasteiger partial charge < -0.3 is 19.7 Å². The molecule has 0 unspecified atom stereocenters. The molecule has 0 atom stereocenters. The Morgan fingerprint density at radius 3 is 2.56 bits per heavy atom. The zero-order chi connectivity index (χ0) is 28.3. The third-order valence-electron chi connectivity index (χ3n) is 7.21. The molecule has 0 saturated carbocycles. The summed E-state index contributed by atoms with van der Waals surface area (Å²) in [5, 5.41) is 4.15. The van der Waals surface area contributed by atoms with Gasteiger partial charge in [0.15, 0.2) is 17.0 Å². The van der Waals surface area contributed by atoms with E-state index in [1.165, 1.54) is 11.1 Å². The largest absolute Gasteiger partial charge is 0.364 e. The number of carbonyl (C=O) groups is 1. The Labute approximate surface area is 252 Å². The molecule has 2 aromatic heterocycles. The molecule has 1 amide bonds. The lowest BCUT2D eigenvalue weighted by Gasteiger charge is -2.35. The molecular formula is C31H29BrClN7O. The smallest absolute Gasteiger partial charge is 0.254 e. The van der Waals surface area contributed by atoms with Gasteiger partial charge in [0.25, 0.3) is 5.91 Å². The van der Waals surface area contributed by atoms with E-state index in [2.05, 4.69) is 61.9 Å². The van der Waals surface area contributed by atoms with Gasteiger partial charge in [-0.25, -0.2) is 4.98 Å². The third-order valence-corrected chi connectivity index (χ3v) is 8.07. The SMILES string of the molecule is Cc1cccc(Cn2cnc3c(NCc4ccccc4Cl)nc(N4CCN(C(=O)c5cccc(Br)c5)CC4)nc32)c1. The maximum atomic E-state index is 13.1. The van der Waals surface area contributed by atoms with Gasteiger partial charge in [-0.2, -0.15) is 9.97 Å². The van der Waals surface area contributed by atoms with Crippen LogP contribution in [-0.2, 0) is 13.1 Å². The van der Waals surface area contributed by atoms with Crippen LogP contribution in [0.5, 0.6) is 0 Å². The fourth-order valence-corrected chi connectivity index (χ4v) is 5.66. The van der Waals surface area contributed by atoms with Gasteiger partial charge in [0.05, 0.1) is 12.9 Å². The molecule has 1 saturated heterocycles. The number of nitrogens with one attached hydrogen (secondary N) is 1. The van der Waals surface area contributed by atoms with Crippen LogP contribution in [0.2, 0.25) is 5.02 Å². The molecule has 0 spiro atoms. The Bertz CT molecular complexity index is 1710. The molecule has 208 valence electrons. The van der Waals surface area contributed by atoms with E-state index in [4.69, 9.17) is 26.6 Å². The average molecular weight is 631 g/mol. The lowest BCUT2D eigenvalue weighted by molar-refractivity contribution is 0.0746. The number of aromatic nitrogens is 4. The van der Waals surface area contributed by atoms with Crippen LogP contribution in [0.3, 0.4) is 0 Å². The number of amides is 1. The summed E-state index contributed by atoms with van der Waals surface area (Å²) in [4.78, 5) is 31.7. The second-order valence-electron chi connectivity index (χ2n) is 10.1. The normalized spacial score (nSPS) is 13.5. The van der Waals surface area contributed by atoms with Crippen molar-refractivity contribution in [3.05, 3.63) is 111 Å². The van der Waals surface area contributed by atoms with Crippen molar-refractivity contribution in [2.75, 3.05) is 36.4 Å². The molecule has 1 fully saturated rings. The molecule has 10 heteroatoms. The van der Waals surface area contributed by atoms with Gasteiger partial charge in [0, 0.05) is 47.8 Å². The van der Waals surface area contributed by atoms with Gasteiger partial charge in [-0.15, -0.1) is 0 Å². The minimum Gasteiger partial charge on any atom is -0.364 e. The average Bonchev–Trinajstić information content (AvgIpc) is 3.39. The van der Waals surface area contributed by atoms with Crippen LogP contribution in [0, 0.1) is 6.92 Å². The minimum atomic E-state index is 0.0284. The summed E-state index contributed by atoms with van der Waals surface area (Å²) in [6.07, 6.45) is 1.82. The molecule has 8 nitrogen and oxygen atoms in total. The standard InChI is InChI=1S/C31H29BrClN7O/c1-21-6-4-7-22(16-21)19-40-20-35-27-28(34-18-24-8-2-3-11-26(24)33)36-31(37-29(27)40)39-14-12-38(13-15-39)30(41)23-9-5-10-25(32)17-23/h2-11,16-17,20H,12-15,18-19H2,1H3,(H,34,36,37). The zero-order valence-electron chi connectivity index (χ0n) is 22.6. The summed E-state index contributed by atoms with van der Waals surface area (Å²) in [5.41, 5.74) is 5.50. The van der Waals surface area contributed by atoms with Crippen molar-refractivity contribution in [1.29, 1.82) is 0 Å². The molecule has 1 aliphatic heterocycles. The van der Waals surface area contributed by atoms with Crippen LogP contribution in [0.25, 0.3) is 11.2 Å². The first-order valence-electron chi connectivity index (χ1n) is 13.5. The molecule has 5 aromatic rings. The molecule has 3 heterocycles. The number of carbonyl (C=O) groups excluding carboxylic acids is 1. The van der Waals surface area contributed by atoms with Gasteiger partial charge >= 0.3 is 0 Å². The van der Waals surface area contributed by atoms with E-state index in [-0.39, 0.29) is 5.91 Å². The Kier molecular flexibility index (Phi) is 7.89. The number of hydrogen-bond acceptors (Lipinski definition) is 6. The van der Waals surface area contributed by atoms with Crippen LogP contribution in [0.4, 0.5) is 11.8 Å². The Hall–Kier alpha value is -3.95. The fraction of sp³-hybridized carbons (Fsp3) is 0.226. The van der Waals surface area contributed by atoms with Gasteiger partial charge in [0.2, 0.25) is 5.95 Å². The van der Waals surface area contributed by atoms with Crippen molar-refractivity contribution in [2.45, 2.75) is 20.0 Å². The van der Waals surface area contributed by atoms with Gasteiger partial charge in [0.1, 0.15) is 0 Å². The van der Waals surface area contributed by atoms with E-state index in [0.29, 0.717) is 67.1 Å². The highest BCUT2D eigenvalue weighted by Gasteiger charge is 2.25. The highest BCUT2D eigenvalue weighted by atomic mass is 79.9. The second-order valence-corrected chi connectivity index (χ2v) is 11.5. The van der Waals surface area contributed by atoms with Crippen LogP contribution in [0.15, 0.2) is 83.6 Å². The van der Waals surface area contributed by atoms with Crippen molar-refractivity contribution in [3.63, 3.8) is 0 Å². The van der Waals surface area contributed by atoms with Crippen LogP contribution >= 0.6 is 27.5 Å². The number of piperazine rings is 1. The molecule has 0 radical (unpaired) electrons. The molecule has 0 aliphatic carbocycles. The molecule has 1 aliphatic rings. The number of anilines is 2. The van der Waals surface area contributed by atoms with Gasteiger partial charge in [-0.05, 0) is 42.3 Å². The molecular weight excluding hydrogens is 602 g/mol. The molecule has 41 heavy (non-hydrogen) atoms. The summed E-state index contributed by atoms with van der Waals surface area (Å²) in [6.45, 7) is 5.66. The predicted molar refractivity (Wildman–Crippen MR) is 167 cm³/mol. The van der Waals surface area contributed by atoms with E-state index in [9.17, 15) is 4.79 Å². The van der Waals surface area contributed by atoms with Gasteiger partial charge in [-0.3, -0.25) is 4.79 Å². The number of nitrogens with zero attached hydrogens (tertiary/aromatic N) is 6. The van der Waals surface area contributed by atoms with E-state index in [1.54, 1.807) is 0 Å². The number of imidazole rings is 1. The van der Waals surface area contributed by atoms with Crippen molar-refractivity contribution in [1.82, 2.24) is 24.4 Å². The lowest BCUT2D eigenvalue weighted by atomic mass is 10.1. The monoisotopic (exact) mass is 629 g/mol. The van der Waals surface area contributed by atoms with Crippen molar-refractivity contribution in [3.8, 4) is 0 Å². The predicted octanol–water partition coefficient (Wildman–Crippen LogP) is 6.17. The summed E-state index contributed by atoms with van der Waals surface area (Å²) >= 11 is 9.89. The summed E-state index contributed by atoms with van der Waals surface area (Å²) < 4.78 is 2.95. The number of aryl methyl sites for hydroxylation is 1. The highest BCUT2D eigenvalue weighted by molar-refractivity contribution is 9.10. The Morgan fingerprint density at radius 1 is 0.976 bits per heavy atom. The first-order chi connectivity index (χ1) is 19.9. The molecule has 0 bridgehead atoms. The van der Waals surface area contributed by atoms with Crippen LogP contribution < -0.4 is 10.2 Å². The Morgan fingerprint density at radius 2 is 1.78 bits per heavy atom. The summed E-state index contributed by atoms with van der Waals surface area (Å²) in [7, 11) is 0. The minimum absolute atomic E-state index is 0.0284. The van der Waals surface area contributed by atoms with Crippen LogP contribution in [-0.4, -0.2) is 56.5 Å². The van der Waals surface area contributed by atoms with Crippen molar-refractivity contribution >= 4 is 56.4 Å². The maximum Gasteiger partial charge on any atom is 0.254 e.